The third-order valence-electron chi connectivity index (χ3n) is 4.88. The topological polar surface area (TPSA) is 102 Å². The second-order valence-electron chi connectivity index (χ2n) is 6.58. The highest BCUT2D eigenvalue weighted by Crippen LogP contribution is 2.26. The van der Waals surface area contributed by atoms with Crippen molar-refractivity contribution in [1.29, 1.82) is 0 Å². The highest BCUT2D eigenvalue weighted by atomic mass is 32.2. The normalized spacial score (nSPS) is 16.6. The molecule has 0 saturated carbocycles. The molecule has 3 rings (SSSR count). The summed E-state index contributed by atoms with van der Waals surface area (Å²) < 4.78 is 33.8. The Hall–Kier alpha value is -2.33. The Morgan fingerprint density at radius 3 is 2.46 bits per heavy atom. The minimum Gasteiger partial charge on any atom is -0.379 e. The van der Waals surface area contributed by atoms with Crippen molar-refractivity contribution < 1.29 is 18.1 Å². The van der Waals surface area contributed by atoms with E-state index in [4.69, 9.17) is 4.74 Å². The van der Waals surface area contributed by atoms with E-state index in [0.29, 0.717) is 26.3 Å². The molecule has 28 heavy (non-hydrogen) atoms. The molecular formula is C19H23N3O5S. The molecule has 1 N–H and O–H groups in total. The fraction of sp³-hybridized carbons (Fsp3) is 0.368. The first-order valence-electron chi connectivity index (χ1n) is 9.00. The molecule has 1 fully saturated rings. The van der Waals surface area contributed by atoms with Gasteiger partial charge in [-0.25, -0.2) is 13.1 Å². The van der Waals surface area contributed by atoms with Gasteiger partial charge in [0.25, 0.3) is 5.69 Å². The number of rotatable bonds is 7. The van der Waals surface area contributed by atoms with E-state index in [0.717, 1.165) is 5.56 Å². The predicted octanol–water partition coefficient (Wildman–Crippen LogP) is 2.26. The van der Waals surface area contributed by atoms with E-state index >= 15 is 0 Å². The summed E-state index contributed by atoms with van der Waals surface area (Å²) in [6, 6.07) is 13.6. The fourth-order valence-electron chi connectivity index (χ4n) is 3.38. The van der Waals surface area contributed by atoms with Crippen molar-refractivity contribution in [2.75, 3.05) is 32.8 Å². The average molecular weight is 405 g/mol. The van der Waals surface area contributed by atoms with Gasteiger partial charge in [-0.1, -0.05) is 36.4 Å². The molecule has 8 nitrogen and oxygen atoms in total. The number of morpholine rings is 1. The molecule has 0 aromatic heterocycles. The van der Waals surface area contributed by atoms with Gasteiger partial charge in [-0.2, -0.15) is 0 Å². The fourth-order valence-corrected chi connectivity index (χ4v) is 4.68. The van der Waals surface area contributed by atoms with Crippen molar-refractivity contribution in [3.63, 3.8) is 0 Å². The lowest BCUT2D eigenvalue weighted by molar-refractivity contribution is -0.385. The zero-order valence-electron chi connectivity index (χ0n) is 15.6. The van der Waals surface area contributed by atoms with Crippen molar-refractivity contribution in [2.45, 2.75) is 17.9 Å². The van der Waals surface area contributed by atoms with E-state index in [2.05, 4.69) is 9.62 Å². The molecule has 1 heterocycles. The summed E-state index contributed by atoms with van der Waals surface area (Å²) in [7, 11) is -3.90. The van der Waals surface area contributed by atoms with Crippen LogP contribution in [0.3, 0.4) is 0 Å². The lowest BCUT2D eigenvalue weighted by Crippen LogP contribution is -2.43. The van der Waals surface area contributed by atoms with Crippen molar-refractivity contribution in [2.24, 2.45) is 0 Å². The molecule has 0 unspecified atom stereocenters. The molecule has 9 heteroatoms. The van der Waals surface area contributed by atoms with Gasteiger partial charge in [-0.15, -0.1) is 0 Å². The van der Waals surface area contributed by atoms with E-state index < -0.39 is 14.9 Å². The molecule has 0 bridgehead atoms. The Balaban J connectivity index is 1.84. The second kappa shape index (κ2) is 8.78. The van der Waals surface area contributed by atoms with Crippen LogP contribution in [0, 0.1) is 17.0 Å². The van der Waals surface area contributed by atoms with Crippen molar-refractivity contribution in [3.8, 4) is 0 Å². The van der Waals surface area contributed by atoms with Crippen LogP contribution in [-0.4, -0.2) is 51.1 Å². The third kappa shape index (κ3) is 4.56. The number of benzene rings is 2. The zero-order valence-corrected chi connectivity index (χ0v) is 16.4. The van der Waals surface area contributed by atoms with Crippen LogP contribution in [0.15, 0.2) is 53.4 Å². The maximum absolute atomic E-state index is 12.9. The third-order valence-corrected chi connectivity index (χ3v) is 6.45. The summed E-state index contributed by atoms with van der Waals surface area (Å²) in [5, 5.41) is 11.1. The highest BCUT2D eigenvalue weighted by Gasteiger charge is 2.27. The van der Waals surface area contributed by atoms with Crippen LogP contribution in [0.5, 0.6) is 0 Å². The molecule has 0 amide bonds. The smallest absolute Gasteiger partial charge is 0.273 e. The SMILES string of the molecule is Cc1c([N+](=O)[O-])cccc1S(=O)(=O)NC[C@@H](c1ccccc1)N1CCOCC1. The Kier molecular flexibility index (Phi) is 6.40. The number of nitro groups is 1. The van der Waals surface area contributed by atoms with Gasteiger partial charge in [0.1, 0.15) is 0 Å². The molecule has 0 aliphatic carbocycles. The summed E-state index contributed by atoms with van der Waals surface area (Å²) in [4.78, 5) is 12.7. The molecular weight excluding hydrogens is 382 g/mol. The van der Waals surface area contributed by atoms with Crippen LogP contribution in [0.4, 0.5) is 5.69 Å². The van der Waals surface area contributed by atoms with Crippen LogP contribution >= 0.6 is 0 Å². The minimum absolute atomic E-state index is 0.0736. The lowest BCUT2D eigenvalue weighted by Gasteiger charge is -2.34. The molecule has 0 radical (unpaired) electrons. The van der Waals surface area contributed by atoms with Gasteiger partial charge in [-0.05, 0) is 18.6 Å². The van der Waals surface area contributed by atoms with Gasteiger partial charge in [0, 0.05) is 37.3 Å². The van der Waals surface area contributed by atoms with E-state index in [1.165, 1.54) is 25.1 Å². The van der Waals surface area contributed by atoms with E-state index in [1.807, 2.05) is 30.3 Å². The number of nitro benzene ring substituents is 1. The largest absolute Gasteiger partial charge is 0.379 e. The number of hydrogen-bond donors (Lipinski definition) is 1. The first-order valence-corrected chi connectivity index (χ1v) is 10.5. The molecule has 1 aliphatic heterocycles. The van der Waals surface area contributed by atoms with Gasteiger partial charge < -0.3 is 4.74 Å². The summed E-state index contributed by atoms with van der Waals surface area (Å²) in [5.74, 6) is 0. The van der Waals surface area contributed by atoms with Gasteiger partial charge >= 0.3 is 0 Å². The number of ether oxygens (including phenoxy) is 1. The molecule has 1 aliphatic rings. The summed E-state index contributed by atoms with van der Waals surface area (Å²) in [5.41, 5.74) is 0.918. The summed E-state index contributed by atoms with van der Waals surface area (Å²) >= 11 is 0. The van der Waals surface area contributed by atoms with Crippen molar-refractivity contribution in [3.05, 3.63) is 69.8 Å². The molecule has 2 aromatic rings. The maximum atomic E-state index is 12.9. The van der Waals surface area contributed by atoms with Gasteiger partial charge in [0.05, 0.1) is 23.0 Å². The minimum atomic E-state index is -3.90. The maximum Gasteiger partial charge on any atom is 0.273 e. The molecule has 150 valence electrons. The number of nitrogens with zero attached hydrogens (tertiary/aromatic N) is 2. The Morgan fingerprint density at radius 2 is 1.82 bits per heavy atom. The van der Waals surface area contributed by atoms with E-state index in [-0.39, 0.29) is 28.7 Å². The van der Waals surface area contributed by atoms with Gasteiger partial charge in [0.2, 0.25) is 10.0 Å². The highest BCUT2D eigenvalue weighted by molar-refractivity contribution is 7.89. The average Bonchev–Trinajstić information content (AvgIpc) is 2.69. The predicted molar refractivity (Wildman–Crippen MR) is 105 cm³/mol. The van der Waals surface area contributed by atoms with Gasteiger partial charge in [-0.3, -0.25) is 15.0 Å². The van der Waals surface area contributed by atoms with Crippen LogP contribution in [0.25, 0.3) is 0 Å². The second-order valence-corrected chi connectivity index (χ2v) is 8.32. The van der Waals surface area contributed by atoms with E-state index in [9.17, 15) is 18.5 Å². The van der Waals surface area contributed by atoms with Gasteiger partial charge in [0.15, 0.2) is 0 Å². The van der Waals surface area contributed by atoms with Crippen LogP contribution < -0.4 is 4.72 Å². The first-order chi connectivity index (χ1) is 13.4. The molecule has 1 atom stereocenters. The van der Waals surface area contributed by atoms with Crippen molar-refractivity contribution >= 4 is 15.7 Å². The summed E-state index contributed by atoms with van der Waals surface area (Å²) in [6.45, 7) is 4.21. The van der Waals surface area contributed by atoms with Crippen LogP contribution in [0.1, 0.15) is 17.2 Å². The summed E-state index contributed by atoms with van der Waals surface area (Å²) in [6.07, 6.45) is 0. The zero-order chi connectivity index (χ0) is 20.1. The molecule has 2 aromatic carbocycles. The number of sulfonamides is 1. The Bertz CT molecular complexity index is 928. The molecule has 0 spiro atoms. The standard InChI is InChI=1S/C19H23N3O5S/c1-15-17(22(23)24)8-5-9-19(15)28(25,26)20-14-18(16-6-3-2-4-7-16)21-10-12-27-13-11-21/h2-9,18,20H,10-14H2,1H3/t18-/m0/s1. The van der Waals surface area contributed by atoms with Crippen molar-refractivity contribution in [1.82, 2.24) is 9.62 Å². The molecule has 1 saturated heterocycles. The quantitative estimate of drug-likeness (QED) is 0.560. The first kappa shape index (κ1) is 20.4. The Labute approximate surface area is 164 Å². The van der Waals surface area contributed by atoms with Crippen LogP contribution in [0.2, 0.25) is 0 Å². The monoisotopic (exact) mass is 405 g/mol. The Morgan fingerprint density at radius 1 is 1.14 bits per heavy atom. The lowest BCUT2D eigenvalue weighted by atomic mass is 10.1. The van der Waals surface area contributed by atoms with E-state index in [1.54, 1.807) is 0 Å². The number of hydrogen-bond acceptors (Lipinski definition) is 6. The van der Waals surface area contributed by atoms with Crippen LogP contribution in [-0.2, 0) is 14.8 Å². The number of nitrogens with one attached hydrogen (secondary N) is 1.